The van der Waals surface area contributed by atoms with E-state index in [0.29, 0.717) is 18.2 Å². The van der Waals surface area contributed by atoms with Crippen molar-refractivity contribution in [2.75, 3.05) is 0 Å². The quantitative estimate of drug-likeness (QED) is 0.497. The normalized spacial score (nSPS) is 13.2. The van der Waals surface area contributed by atoms with Gasteiger partial charge in [-0.25, -0.2) is 0 Å². The molecular formula is C8H3Cl2F6P. The van der Waals surface area contributed by atoms with E-state index in [-0.39, 0.29) is 0 Å². The van der Waals surface area contributed by atoms with Crippen LogP contribution in [-0.4, -0.2) is 0 Å². The molecule has 0 saturated heterocycles. The van der Waals surface area contributed by atoms with Gasteiger partial charge in [0.2, 0.25) is 0 Å². The van der Waals surface area contributed by atoms with E-state index in [9.17, 15) is 26.3 Å². The number of hydrogen-bond donors (Lipinski definition) is 0. The van der Waals surface area contributed by atoms with Crippen LogP contribution in [0.5, 0.6) is 0 Å². The molecule has 0 aliphatic rings. The maximum Gasteiger partial charge on any atom is 0.417 e. The molecule has 0 aromatic heterocycles. The van der Waals surface area contributed by atoms with Crippen LogP contribution in [0.1, 0.15) is 11.1 Å². The molecule has 96 valence electrons. The maximum atomic E-state index is 12.4. The van der Waals surface area contributed by atoms with Crippen LogP contribution in [0.15, 0.2) is 18.2 Å². The molecule has 0 atom stereocenters. The first kappa shape index (κ1) is 14.9. The molecule has 0 amide bonds. The molecule has 0 bridgehead atoms. The second-order valence-electron chi connectivity index (χ2n) is 2.96. The van der Waals surface area contributed by atoms with E-state index < -0.39 is 35.4 Å². The van der Waals surface area contributed by atoms with Crippen molar-refractivity contribution in [3.63, 3.8) is 0 Å². The Morgan fingerprint density at radius 3 is 1.76 bits per heavy atom. The fraction of sp³-hybridized carbons (Fsp3) is 0.250. The number of benzene rings is 1. The molecule has 0 fully saturated rings. The number of hydrogen-bond acceptors (Lipinski definition) is 0. The Kier molecular flexibility index (Phi) is 4.22. The minimum Gasteiger partial charge on any atom is -0.166 e. The highest BCUT2D eigenvalue weighted by atomic mass is 35.9. The van der Waals surface area contributed by atoms with Gasteiger partial charge in [-0.3, -0.25) is 0 Å². The highest BCUT2D eigenvalue weighted by molar-refractivity contribution is 8.08. The van der Waals surface area contributed by atoms with Crippen molar-refractivity contribution >= 4 is 34.4 Å². The standard InChI is InChI=1S/C8H3Cl2F6P/c9-17(10)6-3-4(7(11,12)13)1-2-5(6)8(14,15)16/h1-3H. The van der Waals surface area contributed by atoms with Gasteiger partial charge >= 0.3 is 12.4 Å². The summed E-state index contributed by atoms with van der Waals surface area (Å²) < 4.78 is 74.2. The van der Waals surface area contributed by atoms with Crippen LogP contribution in [0, 0.1) is 0 Å². The predicted octanol–water partition coefficient (Wildman–Crippen LogP) is 5.14. The monoisotopic (exact) mass is 314 g/mol. The highest BCUT2D eigenvalue weighted by Crippen LogP contribution is 2.49. The highest BCUT2D eigenvalue weighted by Gasteiger charge is 2.38. The minimum atomic E-state index is -4.79. The summed E-state index contributed by atoms with van der Waals surface area (Å²) >= 11 is 10.6. The van der Waals surface area contributed by atoms with Gasteiger partial charge in [-0.2, -0.15) is 26.3 Å². The SMILES string of the molecule is FC(F)(F)c1ccc(C(F)(F)F)c(P(Cl)Cl)c1. The summed E-state index contributed by atoms with van der Waals surface area (Å²) in [6, 6.07) is 1.01. The second kappa shape index (κ2) is 4.82. The lowest BCUT2D eigenvalue weighted by Crippen LogP contribution is -2.19. The zero-order chi connectivity index (χ0) is 13.4. The summed E-state index contributed by atoms with van der Waals surface area (Å²) in [6.07, 6.45) is -9.53. The summed E-state index contributed by atoms with van der Waals surface area (Å²) in [5.41, 5.74) is -2.46. The maximum absolute atomic E-state index is 12.4. The molecular weight excluding hydrogens is 312 g/mol. The molecule has 0 aliphatic heterocycles. The van der Waals surface area contributed by atoms with Crippen LogP contribution in [0.3, 0.4) is 0 Å². The molecule has 0 spiro atoms. The molecule has 0 nitrogen and oxygen atoms in total. The summed E-state index contributed by atoms with van der Waals surface area (Å²) in [6.45, 7) is -2.32. The van der Waals surface area contributed by atoms with E-state index in [1.54, 1.807) is 0 Å². The number of alkyl halides is 6. The molecule has 1 rings (SSSR count). The fourth-order valence-corrected chi connectivity index (χ4v) is 2.55. The Labute approximate surface area is 103 Å². The van der Waals surface area contributed by atoms with Crippen molar-refractivity contribution in [1.82, 2.24) is 0 Å². The summed E-state index contributed by atoms with van der Waals surface area (Å²) in [5.74, 6) is 0. The van der Waals surface area contributed by atoms with E-state index >= 15 is 0 Å². The van der Waals surface area contributed by atoms with Crippen molar-refractivity contribution in [3.05, 3.63) is 29.3 Å². The molecule has 0 radical (unpaired) electrons. The van der Waals surface area contributed by atoms with Gasteiger partial charge in [-0.05, 0) is 18.2 Å². The zero-order valence-corrected chi connectivity index (χ0v) is 10.1. The van der Waals surface area contributed by atoms with Crippen LogP contribution in [0.2, 0.25) is 0 Å². The summed E-state index contributed by atoms with van der Waals surface area (Å²) in [7, 11) is 0. The van der Waals surface area contributed by atoms with Crippen molar-refractivity contribution < 1.29 is 26.3 Å². The van der Waals surface area contributed by atoms with Crippen LogP contribution in [-0.2, 0) is 12.4 Å². The molecule has 9 heteroatoms. The van der Waals surface area contributed by atoms with Gasteiger partial charge in [0.05, 0.1) is 11.1 Å². The minimum absolute atomic E-state index is 0.328. The molecule has 17 heavy (non-hydrogen) atoms. The molecule has 0 N–H and O–H groups in total. The van der Waals surface area contributed by atoms with Crippen molar-refractivity contribution in [1.29, 1.82) is 0 Å². The summed E-state index contributed by atoms with van der Waals surface area (Å²) in [5, 5.41) is -0.745. The first-order valence-electron chi connectivity index (χ1n) is 3.93. The number of halogens is 8. The molecule has 0 saturated carbocycles. The van der Waals surface area contributed by atoms with Gasteiger partial charge < -0.3 is 0 Å². The van der Waals surface area contributed by atoms with Crippen molar-refractivity contribution in [2.45, 2.75) is 12.4 Å². The Hall–Kier alpha value is -0.190. The van der Waals surface area contributed by atoms with E-state index in [1.807, 2.05) is 0 Å². The van der Waals surface area contributed by atoms with Crippen LogP contribution in [0.4, 0.5) is 26.3 Å². The van der Waals surface area contributed by atoms with Crippen molar-refractivity contribution in [2.24, 2.45) is 0 Å². The Morgan fingerprint density at radius 2 is 1.41 bits per heavy atom. The van der Waals surface area contributed by atoms with E-state index in [2.05, 4.69) is 0 Å². The van der Waals surface area contributed by atoms with Gasteiger partial charge in [-0.1, -0.05) is 22.5 Å². The fourth-order valence-electron chi connectivity index (χ4n) is 1.09. The van der Waals surface area contributed by atoms with Gasteiger partial charge in [0, 0.05) is 5.30 Å². The van der Waals surface area contributed by atoms with Crippen molar-refractivity contribution in [3.8, 4) is 0 Å². The zero-order valence-electron chi connectivity index (χ0n) is 7.70. The molecule has 0 unspecified atom stereocenters. The Morgan fingerprint density at radius 1 is 0.882 bits per heavy atom. The van der Waals surface area contributed by atoms with E-state index in [4.69, 9.17) is 22.5 Å². The van der Waals surface area contributed by atoms with Crippen LogP contribution < -0.4 is 5.30 Å². The molecule has 1 aromatic rings. The van der Waals surface area contributed by atoms with Crippen LogP contribution in [0.25, 0.3) is 0 Å². The lowest BCUT2D eigenvalue weighted by molar-refractivity contribution is -0.140. The van der Waals surface area contributed by atoms with E-state index in [1.165, 1.54) is 0 Å². The third-order valence-electron chi connectivity index (χ3n) is 1.81. The second-order valence-corrected chi connectivity index (χ2v) is 6.46. The first-order chi connectivity index (χ1) is 7.53. The largest absolute Gasteiger partial charge is 0.417 e. The Balaban J connectivity index is 3.38. The van der Waals surface area contributed by atoms with Gasteiger partial charge in [0.25, 0.3) is 0 Å². The topological polar surface area (TPSA) is 0 Å². The average Bonchev–Trinajstić information content (AvgIpc) is 2.14. The third kappa shape index (κ3) is 3.63. The average molecular weight is 315 g/mol. The van der Waals surface area contributed by atoms with Gasteiger partial charge in [-0.15, -0.1) is 0 Å². The predicted molar refractivity (Wildman–Crippen MR) is 54.7 cm³/mol. The summed E-state index contributed by atoms with van der Waals surface area (Å²) in [4.78, 5) is 0. The van der Waals surface area contributed by atoms with Gasteiger partial charge in [0.15, 0.2) is 0 Å². The lowest BCUT2D eigenvalue weighted by atomic mass is 10.1. The third-order valence-corrected chi connectivity index (χ3v) is 3.64. The van der Waals surface area contributed by atoms with E-state index in [0.717, 1.165) is 0 Å². The molecule has 1 aromatic carbocycles. The van der Waals surface area contributed by atoms with Gasteiger partial charge in [0.1, 0.15) is 6.63 Å². The molecule has 0 aliphatic carbocycles. The Bertz CT molecular complexity index is 411. The van der Waals surface area contributed by atoms with Crippen LogP contribution >= 0.6 is 29.1 Å². The lowest BCUT2D eigenvalue weighted by Gasteiger charge is -2.15. The smallest absolute Gasteiger partial charge is 0.166 e. The number of rotatable bonds is 1. The molecule has 0 heterocycles. The first-order valence-corrected chi connectivity index (χ1v) is 7.09.